The van der Waals surface area contributed by atoms with Crippen molar-refractivity contribution in [1.29, 1.82) is 0 Å². The molecule has 2 rings (SSSR count). The summed E-state index contributed by atoms with van der Waals surface area (Å²) in [5.41, 5.74) is -0.183. The topological polar surface area (TPSA) is 38.8 Å². The van der Waals surface area contributed by atoms with Crippen LogP contribution in [0, 0.1) is 5.92 Å². The van der Waals surface area contributed by atoms with Crippen LogP contribution in [0.25, 0.3) is 0 Å². The highest BCUT2D eigenvalue weighted by Gasteiger charge is 2.48. The molecule has 0 bridgehead atoms. The molecular formula is C11H19NO3. The van der Waals surface area contributed by atoms with Crippen molar-refractivity contribution in [3.05, 3.63) is 0 Å². The van der Waals surface area contributed by atoms with Crippen molar-refractivity contribution in [3.63, 3.8) is 0 Å². The Labute approximate surface area is 90.5 Å². The Morgan fingerprint density at radius 1 is 1.53 bits per heavy atom. The minimum Gasteiger partial charge on any atom is -0.469 e. The van der Waals surface area contributed by atoms with Crippen molar-refractivity contribution in [2.24, 2.45) is 5.92 Å². The van der Waals surface area contributed by atoms with Gasteiger partial charge < -0.3 is 9.47 Å². The molecule has 2 aliphatic heterocycles. The number of carbonyl (C=O) groups excluding carboxylic acids is 1. The maximum absolute atomic E-state index is 11.5. The van der Waals surface area contributed by atoms with Gasteiger partial charge in [0.1, 0.15) is 5.72 Å². The van der Waals surface area contributed by atoms with Gasteiger partial charge in [0, 0.05) is 19.6 Å². The van der Waals surface area contributed by atoms with Gasteiger partial charge in [-0.3, -0.25) is 9.69 Å². The van der Waals surface area contributed by atoms with E-state index in [1.54, 1.807) is 0 Å². The zero-order chi connectivity index (χ0) is 10.9. The van der Waals surface area contributed by atoms with Gasteiger partial charge in [-0.1, -0.05) is 0 Å². The molecule has 86 valence electrons. The predicted octanol–water partition coefficient (Wildman–Crippen LogP) is 1.01. The first-order chi connectivity index (χ1) is 7.18. The summed E-state index contributed by atoms with van der Waals surface area (Å²) in [5.74, 6) is -0.119. The summed E-state index contributed by atoms with van der Waals surface area (Å²) in [6, 6.07) is 0. The number of likely N-dealkylation sites (tertiary alicyclic amines) is 1. The molecule has 4 heteroatoms. The third kappa shape index (κ3) is 1.88. The predicted molar refractivity (Wildman–Crippen MR) is 55.3 cm³/mol. The van der Waals surface area contributed by atoms with E-state index in [0.29, 0.717) is 0 Å². The number of hydrogen-bond donors (Lipinski definition) is 0. The zero-order valence-electron chi connectivity index (χ0n) is 9.49. The first-order valence-corrected chi connectivity index (χ1v) is 5.61. The van der Waals surface area contributed by atoms with Gasteiger partial charge in [0.2, 0.25) is 0 Å². The molecule has 0 radical (unpaired) electrons. The van der Waals surface area contributed by atoms with Crippen LogP contribution in [0.3, 0.4) is 0 Å². The Morgan fingerprint density at radius 2 is 2.33 bits per heavy atom. The minimum atomic E-state index is -0.183. The SMILES string of the molecule is COC(=O)[C@@H]1CN(C)[C@@]2(CCCCO2)C1. The lowest BCUT2D eigenvalue weighted by molar-refractivity contribution is -0.155. The van der Waals surface area contributed by atoms with E-state index >= 15 is 0 Å². The summed E-state index contributed by atoms with van der Waals surface area (Å²) in [6.45, 7) is 1.57. The van der Waals surface area contributed by atoms with Gasteiger partial charge in [-0.25, -0.2) is 0 Å². The Bertz CT molecular complexity index is 248. The summed E-state index contributed by atoms with van der Waals surface area (Å²) in [4.78, 5) is 13.7. The van der Waals surface area contributed by atoms with E-state index in [2.05, 4.69) is 4.90 Å². The third-order valence-corrected chi connectivity index (χ3v) is 3.62. The molecule has 4 nitrogen and oxygen atoms in total. The molecule has 0 unspecified atom stereocenters. The molecule has 2 heterocycles. The number of rotatable bonds is 1. The highest BCUT2D eigenvalue weighted by Crippen LogP contribution is 2.39. The largest absolute Gasteiger partial charge is 0.469 e. The van der Waals surface area contributed by atoms with Gasteiger partial charge in [0.25, 0.3) is 0 Å². The van der Waals surface area contributed by atoms with Crippen molar-refractivity contribution in [2.75, 3.05) is 27.3 Å². The maximum atomic E-state index is 11.5. The van der Waals surface area contributed by atoms with Gasteiger partial charge in [-0.15, -0.1) is 0 Å². The van der Waals surface area contributed by atoms with Crippen LogP contribution >= 0.6 is 0 Å². The summed E-state index contributed by atoms with van der Waals surface area (Å²) >= 11 is 0. The van der Waals surface area contributed by atoms with E-state index in [1.807, 2.05) is 7.05 Å². The van der Waals surface area contributed by atoms with E-state index < -0.39 is 0 Å². The standard InChI is InChI=1S/C11H19NO3/c1-12-8-9(10(13)14-2)7-11(12)5-3-4-6-15-11/h9H,3-8H2,1-2H3/t9-,11+/m0/s1. The van der Waals surface area contributed by atoms with Crippen LogP contribution in [0.2, 0.25) is 0 Å². The molecule has 0 aromatic heterocycles. The molecule has 0 aromatic carbocycles. The Morgan fingerprint density at radius 3 is 2.93 bits per heavy atom. The lowest BCUT2D eigenvalue weighted by Gasteiger charge is -2.39. The number of hydrogen-bond acceptors (Lipinski definition) is 4. The summed E-state index contributed by atoms with van der Waals surface area (Å²) < 4.78 is 10.7. The average molecular weight is 213 g/mol. The van der Waals surface area contributed by atoms with E-state index in [9.17, 15) is 4.79 Å². The van der Waals surface area contributed by atoms with Crippen molar-refractivity contribution in [1.82, 2.24) is 4.90 Å². The van der Waals surface area contributed by atoms with Crippen LogP contribution in [0.1, 0.15) is 25.7 Å². The molecule has 1 spiro atoms. The lowest BCUT2D eigenvalue weighted by Crippen LogP contribution is -2.46. The molecule has 2 saturated heterocycles. The normalized spacial score (nSPS) is 37.1. The van der Waals surface area contributed by atoms with Crippen LogP contribution in [0.15, 0.2) is 0 Å². The van der Waals surface area contributed by atoms with E-state index in [1.165, 1.54) is 13.5 Å². The third-order valence-electron chi connectivity index (χ3n) is 3.62. The number of ether oxygens (including phenoxy) is 2. The van der Waals surface area contributed by atoms with Crippen molar-refractivity contribution >= 4 is 5.97 Å². The molecule has 2 fully saturated rings. The molecule has 2 aliphatic rings. The molecule has 2 atom stereocenters. The Balaban J connectivity index is 2.05. The second kappa shape index (κ2) is 4.10. The van der Waals surface area contributed by atoms with E-state index in [4.69, 9.17) is 9.47 Å². The number of esters is 1. The maximum Gasteiger partial charge on any atom is 0.310 e. The molecule has 0 saturated carbocycles. The number of carbonyl (C=O) groups is 1. The zero-order valence-corrected chi connectivity index (χ0v) is 9.49. The fourth-order valence-corrected chi connectivity index (χ4v) is 2.73. The highest BCUT2D eigenvalue weighted by atomic mass is 16.5. The first kappa shape index (κ1) is 10.9. The van der Waals surface area contributed by atoms with Crippen molar-refractivity contribution in [3.8, 4) is 0 Å². The molecule has 0 aliphatic carbocycles. The quantitative estimate of drug-likeness (QED) is 0.609. The van der Waals surface area contributed by atoms with Crippen LogP contribution in [-0.2, 0) is 14.3 Å². The highest BCUT2D eigenvalue weighted by molar-refractivity contribution is 5.73. The molecule has 0 amide bonds. The van der Waals surface area contributed by atoms with Gasteiger partial charge in [0.15, 0.2) is 0 Å². The van der Waals surface area contributed by atoms with Crippen LogP contribution in [0.4, 0.5) is 0 Å². The Kier molecular flexibility index (Phi) is 2.98. The van der Waals surface area contributed by atoms with E-state index in [0.717, 1.165) is 32.4 Å². The molecule has 0 N–H and O–H groups in total. The fraction of sp³-hybridized carbons (Fsp3) is 0.909. The number of methoxy groups -OCH3 is 1. The second-order valence-corrected chi connectivity index (χ2v) is 4.56. The number of nitrogens with zero attached hydrogens (tertiary/aromatic N) is 1. The van der Waals surface area contributed by atoms with Crippen molar-refractivity contribution < 1.29 is 14.3 Å². The monoisotopic (exact) mass is 213 g/mol. The van der Waals surface area contributed by atoms with Crippen LogP contribution in [-0.4, -0.2) is 43.9 Å². The van der Waals surface area contributed by atoms with Gasteiger partial charge >= 0.3 is 5.97 Å². The fourth-order valence-electron chi connectivity index (χ4n) is 2.73. The Hall–Kier alpha value is -0.610. The summed E-state index contributed by atoms with van der Waals surface area (Å²) in [5, 5.41) is 0. The molecule has 15 heavy (non-hydrogen) atoms. The average Bonchev–Trinajstić information content (AvgIpc) is 2.57. The van der Waals surface area contributed by atoms with Gasteiger partial charge in [0.05, 0.1) is 13.0 Å². The van der Waals surface area contributed by atoms with Crippen LogP contribution in [0.5, 0.6) is 0 Å². The second-order valence-electron chi connectivity index (χ2n) is 4.56. The first-order valence-electron chi connectivity index (χ1n) is 5.61. The van der Waals surface area contributed by atoms with Gasteiger partial charge in [-0.05, 0) is 26.3 Å². The van der Waals surface area contributed by atoms with Crippen LogP contribution < -0.4 is 0 Å². The summed E-state index contributed by atoms with van der Waals surface area (Å²) in [6.07, 6.45) is 4.16. The van der Waals surface area contributed by atoms with Gasteiger partial charge in [-0.2, -0.15) is 0 Å². The van der Waals surface area contributed by atoms with Crippen molar-refractivity contribution in [2.45, 2.75) is 31.4 Å². The summed E-state index contributed by atoms with van der Waals surface area (Å²) in [7, 11) is 3.49. The minimum absolute atomic E-state index is 0.0156. The lowest BCUT2D eigenvalue weighted by atomic mass is 9.96. The molecular weight excluding hydrogens is 194 g/mol. The molecule has 0 aromatic rings. The smallest absolute Gasteiger partial charge is 0.310 e. The van der Waals surface area contributed by atoms with E-state index in [-0.39, 0.29) is 17.6 Å².